The lowest BCUT2D eigenvalue weighted by molar-refractivity contribution is 0.592. The Balaban J connectivity index is 1.74. The van der Waals surface area contributed by atoms with Crippen LogP contribution in [0.3, 0.4) is 0 Å². The van der Waals surface area contributed by atoms with E-state index in [-0.39, 0.29) is 4.90 Å². The Hall–Kier alpha value is -2.50. The summed E-state index contributed by atoms with van der Waals surface area (Å²) in [6, 6.07) is 23.5. The summed E-state index contributed by atoms with van der Waals surface area (Å²) in [5.41, 5.74) is 2.61. The van der Waals surface area contributed by atoms with Gasteiger partial charge < -0.3 is 5.32 Å². The summed E-state index contributed by atoms with van der Waals surface area (Å²) >= 11 is 5.89. The number of hydrogen-bond donors (Lipinski definition) is 1. The lowest BCUT2D eigenvalue weighted by Crippen LogP contribution is -2.30. The van der Waals surface area contributed by atoms with Crippen LogP contribution in [0, 0.1) is 0 Å². The van der Waals surface area contributed by atoms with E-state index < -0.39 is 10.0 Å². The van der Waals surface area contributed by atoms with Gasteiger partial charge in [-0.25, -0.2) is 8.42 Å². The number of sulfonamides is 1. The smallest absolute Gasteiger partial charge is 0.264 e. The van der Waals surface area contributed by atoms with Gasteiger partial charge in [-0.15, -0.1) is 0 Å². The van der Waals surface area contributed by atoms with Crippen LogP contribution in [0.2, 0.25) is 5.02 Å². The van der Waals surface area contributed by atoms with Gasteiger partial charge in [-0.1, -0.05) is 41.9 Å². The van der Waals surface area contributed by atoms with Crippen LogP contribution < -0.4 is 9.62 Å². The van der Waals surface area contributed by atoms with Crippen molar-refractivity contribution in [2.24, 2.45) is 0 Å². The van der Waals surface area contributed by atoms with E-state index in [2.05, 4.69) is 5.32 Å². The molecule has 3 rings (SSSR count). The van der Waals surface area contributed by atoms with Crippen molar-refractivity contribution in [2.45, 2.75) is 18.4 Å². The highest BCUT2D eigenvalue weighted by atomic mass is 35.5. The molecule has 0 radical (unpaired) electrons. The SMILES string of the molecule is CCN(c1ccccc1)S(=O)(=O)c1ccc(NCc2ccc(Cl)cc2)cc1. The average molecular weight is 401 g/mol. The van der Waals surface area contributed by atoms with Crippen molar-refractivity contribution in [2.75, 3.05) is 16.2 Å². The molecule has 6 heteroatoms. The van der Waals surface area contributed by atoms with Crippen LogP contribution in [-0.2, 0) is 16.6 Å². The maximum Gasteiger partial charge on any atom is 0.264 e. The molecule has 0 fully saturated rings. The van der Waals surface area contributed by atoms with Crippen LogP contribution in [0.4, 0.5) is 11.4 Å². The molecule has 0 saturated carbocycles. The Kier molecular flexibility index (Phi) is 6.04. The number of hydrogen-bond acceptors (Lipinski definition) is 3. The first kappa shape index (κ1) is 19.3. The van der Waals surface area contributed by atoms with Crippen LogP contribution in [0.5, 0.6) is 0 Å². The molecule has 3 aromatic rings. The molecule has 0 atom stereocenters. The summed E-state index contributed by atoms with van der Waals surface area (Å²) in [5.74, 6) is 0. The van der Waals surface area contributed by atoms with Crippen LogP contribution in [0.1, 0.15) is 12.5 Å². The summed E-state index contributed by atoms with van der Waals surface area (Å²) in [4.78, 5) is 0.269. The fourth-order valence-electron chi connectivity index (χ4n) is 2.76. The van der Waals surface area contributed by atoms with Gasteiger partial charge >= 0.3 is 0 Å². The van der Waals surface area contributed by atoms with Gasteiger partial charge in [0.15, 0.2) is 0 Å². The van der Waals surface area contributed by atoms with Crippen LogP contribution in [0.25, 0.3) is 0 Å². The Morgan fingerprint density at radius 2 is 1.52 bits per heavy atom. The third kappa shape index (κ3) is 4.62. The van der Waals surface area contributed by atoms with Crippen LogP contribution in [0.15, 0.2) is 83.8 Å². The van der Waals surface area contributed by atoms with E-state index in [1.165, 1.54) is 4.31 Å². The number of nitrogens with zero attached hydrogens (tertiary/aromatic N) is 1. The highest BCUT2D eigenvalue weighted by molar-refractivity contribution is 7.92. The molecule has 0 aliphatic heterocycles. The van der Waals surface area contributed by atoms with Gasteiger partial charge in [-0.2, -0.15) is 0 Å². The normalized spacial score (nSPS) is 11.2. The number of nitrogens with one attached hydrogen (secondary N) is 1. The Labute approximate surface area is 165 Å². The Bertz CT molecular complexity index is 973. The molecule has 140 valence electrons. The van der Waals surface area contributed by atoms with Crippen LogP contribution in [-0.4, -0.2) is 15.0 Å². The van der Waals surface area contributed by atoms with Gasteiger partial charge in [0, 0.05) is 23.8 Å². The molecule has 0 amide bonds. The van der Waals surface area contributed by atoms with Crippen molar-refractivity contribution in [3.8, 4) is 0 Å². The van der Waals surface area contributed by atoms with E-state index in [4.69, 9.17) is 11.6 Å². The second kappa shape index (κ2) is 8.46. The first-order valence-corrected chi connectivity index (χ1v) is 10.5. The van der Waals surface area contributed by atoms with E-state index in [1.807, 2.05) is 49.4 Å². The second-order valence-electron chi connectivity index (χ2n) is 6.01. The lowest BCUT2D eigenvalue weighted by atomic mass is 10.2. The highest BCUT2D eigenvalue weighted by Gasteiger charge is 2.23. The fourth-order valence-corrected chi connectivity index (χ4v) is 4.36. The molecule has 0 saturated heterocycles. The van der Waals surface area contributed by atoms with E-state index in [9.17, 15) is 8.42 Å². The molecular weight excluding hydrogens is 380 g/mol. The summed E-state index contributed by atoms with van der Waals surface area (Å²) in [6.45, 7) is 2.82. The molecule has 0 spiro atoms. The molecule has 3 aromatic carbocycles. The molecule has 0 unspecified atom stereocenters. The maximum atomic E-state index is 13.0. The third-order valence-electron chi connectivity index (χ3n) is 4.18. The summed E-state index contributed by atoms with van der Waals surface area (Å²) in [7, 11) is -3.60. The van der Waals surface area contributed by atoms with Gasteiger partial charge in [-0.05, 0) is 61.0 Å². The predicted octanol–water partition coefficient (Wildman–Crippen LogP) is 5.17. The molecule has 0 heterocycles. The van der Waals surface area contributed by atoms with Crippen molar-refractivity contribution in [3.05, 3.63) is 89.4 Å². The van der Waals surface area contributed by atoms with E-state index in [0.717, 1.165) is 11.3 Å². The molecule has 0 aromatic heterocycles. The first-order chi connectivity index (χ1) is 13.0. The lowest BCUT2D eigenvalue weighted by Gasteiger charge is -2.23. The molecule has 1 N–H and O–H groups in total. The van der Waals surface area contributed by atoms with Crippen molar-refractivity contribution in [1.82, 2.24) is 0 Å². The largest absolute Gasteiger partial charge is 0.381 e. The van der Waals surface area contributed by atoms with Crippen molar-refractivity contribution in [1.29, 1.82) is 0 Å². The molecular formula is C21H21ClN2O2S. The maximum absolute atomic E-state index is 13.0. The Morgan fingerprint density at radius 3 is 2.11 bits per heavy atom. The van der Waals surface area contributed by atoms with Crippen LogP contribution >= 0.6 is 11.6 Å². The molecule has 27 heavy (non-hydrogen) atoms. The van der Waals surface area contributed by atoms with Gasteiger partial charge in [0.25, 0.3) is 10.0 Å². The van der Waals surface area contributed by atoms with E-state index in [0.29, 0.717) is 23.8 Å². The summed E-state index contributed by atoms with van der Waals surface area (Å²) < 4.78 is 27.4. The number of anilines is 2. The zero-order valence-corrected chi connectivity index (χ0v) is 16.5. The minimum atomic E-state index is -3.60. The van der Waals surface area contributed by atoms with Crippen molar-refractivity contribution < 1.29 is 8.42 Å². The number of halogens is 1. The van der Waals surface area contributed by atoms with Gasteiger partial charge in [0.2, 0.25) is 0 Å². The van der Waals surface area contributed by atoms with Gasteiger partial charge in [-0.3, -0.25) is 4.31 Å². The quantitative estimate of drug-likeness (QED) is 0.595. The van der Waals surface area contributed by atoms with Crippen molar-refractivity contribution in [3.63, 3.8) is 0 Å². The molecule has 4 nitrogen and oxygen atoms in total. The second-order valence-corrected chi connectivity index (χ2v) is 8.31. The Morgan fingerprint density at radius 1 is 0.889 bits per heavy atom. The highest BCUT2D eigenvalue weighted by Crippen LogP contribution is 2.24. The standard InChI is InChI=1S/C21H21ClN2O2S/c1-2-24(20-6-4-3-5-7-20)27(25,26)21-14-12-19(13-15-21)23-16-17-8-10-18(22)11-9-17/h3-15,23H,2,16H2,1H3. The van der Waals surface area contributed by atoms with E-state index >= 15 is 0 Å². The summed E-state index contributed by atoms with van der Waals surface area (Å²) in [6.07, 6.45) is 0. The monoisotopic (exact) mass is 400 g/mol. The summed E-state index contributed by atoms with van der Waals surface area (Å²) in [5, 5.41) is 3.98. The predicted molar refractivity (Wildman–Crippen MR) is 112 cm³/mol. The number of rotatable bonds is 7. The topological polar surface area (TPSA) is 49.4 Å². The van der Waals surface area contributed by atoms with Gasteiger partial charge in [0.05, 0.1) is 10.6 Å². The zero-order valence-electron chi connectivity index (χ0n) is 15.0. The van der Waals surface area contributed by atoms with E-state index in [1.54, 1.807) is 36.4 Å². The molecule has 0 bridgehead atoms. The van der Waals surface area contributed by atoms with Crippen molar-refractivity contribution >= 4 is 33.0 Å². The minimum Gasteiger partial charge on any atom is -0.381 e. The fraction of sp³-hybridized carbons (Fsp3) is 0.143. The average Bonchev–Trinajstić information content (AvgIpc) is 2.69. The third-order valence-corrected chi connectivity index (χ3v) is 6.35. The molecule has 0 aliphatic carbocycles. The first-order valence-electron chi connectivity index (χ1n) is 8.67. The zero-order chi connectivity index (χ0) is 19.3. The number of para-hydroxylation sites is 1. The van der Waals surface area contributed by atoms with Gasteiger partial charge in [0.1, 0.15) is 0 Å². The minimum absolute atomic E-state index is 0.269. The number of benzene rings is 3. The molecule has 0 aliphatic rings.